The van der Waals surface area contributed by atoms with Crippen LogP contribution in [0.3, 0.4) is 0 Å². The summed E-state index contributed by atoms with van der Waals surface area (Å²) in [6.07, 6.45) is 4.06. The van der Waals surface area contributed by atoms with Gasteiger partial charge in [0, 0.05) is 17.1 Å². The van der Waals surface area contributed by atoms with Crippen molar-refractivity contribution in [1.29, 1.82) is 0 Å². The van der Waals surface area contributed by atoms with Crippen LogP contribution in [-0.2, 0) is 0 Å². The van der Waals surface area contributed by atoms with Gasteiger partial charge < -0.3 is 4.52 Å². The van der Waals surface area contributed by atoms with E-state index in [0.717, 1.165) is 35.3 Å². The van der Waals surface area contributed by atoms with Crippen LogP contribution in [0.2, 0.25) is 0 Å². The Morgan fingerprint density at radius 2 is 2.24 bits per heavy atom. The quantitative estimate of drug-likeness (QED) is 0.722. The highest BCUT2D eigenvalue weighted by molar-refractivity contribution is 5.82. The first-order valence-electron chi connectivity index (χ1n) is 7.20. The monoisotopic (exact) mass is 280 g/mol. The zero-order valence-electron chi connectivity index (χ0n) is 11.9. The highest BCUT2D eigenvalue weighted by Gasteiger charge is 2.27. The highest BCUT2D eigenvalue weighted by atomic mass is 16.5. The van der Waals surface area contributed by atoms with Crippen molar-refractivity contribution >= 4 is 10.9 Å². The summed E-state index contributed by atoms with van der Waals surface area (Å²) in [6, 6.07) is 10.3. The normalized spacial score (nSPS) is 19.4. The standard InChI is InChI=1S/C16H16N4O/c1-20-9-3-5-14(20)16-18-15(19-21-16)12-6-7-13-11(10-12)4-2-8-17-13/h2,4,6-8,10,14H,3,5,9H2,1H3. The fourth-order valence-corrected chi connectivity index (χ4v) is 2.92. The predicted molar refractivity (Wildman–Crippen MR) is 79.6 cm³/mol. The predicted octanol–water partition coefficient (Wildman–Crippen LogP) is 3.05. The Kier molecular flexibility index (Phi) is 2.93. The second kappa shape index (κ2) is 4.93. The lowest BCUT2D eigenvalue weighted by Crippen LogP contribution is -2.17. The van der Waals surface area contributed by atoms with Crippen LogP contribution in [0.5, 0.6) is 0 Å². The molecule has 0 amide bonds. The maximum absolute atomic E-state index is 5.47. The first kappa shape index (κ1) is 12.5. The molecule has 0 radical (unpaired) electrons. The highest BCUT2D eigenvalue weighted by Crippen LogP contribution is 2.30. The van der Waals surface area contributed by atoms with Crippen LogP contribution in [0, 0.1) is 0 Å². The van der Waals surface area contributed by atoms with Crippen molar-refractivity contribution in [2.45, 2.75) is 18.9 Å². The number of benzene rings is 1. The van der Waals surface area contributed by atoms with Gasteiger partial charge >= 0.3 is 0 Å². The van der Waals surface area contributed by atoms with E-state index in [1.165, 1.54) is 6.42 Å². The summed E-state index contributed by atoms with van der Waals surface area (Å²) in [6.45, 7) is 1.09. The minimum absolute atomic E-state index is 0.258. The van der Waals surface area contributed by atoms with Gasteiger partial charge in [0.25, 0.3) is 0 Å². The van der Waals surface area contributed by atoms with E-state index in [0.29, 0.717) is 5.82 Å². The van der Waals surface area contributed by atoms with Crippen molar-refractivity contribution < 1.29 is 4.52 Å². The van der Waals surface area contributed by atoms with Crippen LogP contribution in [-0.4, -0.2) is 33.6 Å². The Morgan fingerprint density at radius 3 is 3.10 bits per heavy atom. The molecular weight excluding hydrogens is 264 g/mol. The fourth-order valence-electron chi connectivity index (χ4n) is 2.92. The molecule has 1 unspecified atom stereocenters. The lowest BCUT2D eigenvalue weighted by molar-refractivity contribution is 0.245. The van der Waals surface area contributed by atoms with E-state index < -0.39 is 0 Å². The number of pyridine rings is 1. The molecule has 1 aromatic carbocycles. The maximum Gasteiger partial charge on any atom is 0.244 e. The van der Waals surface area contributed by atoms with E-state index in [-0.39, 0.29) is 6.04 Å². The average molecular weight is 280 g/mol. The van der Waals surface area contributed by atoms with Gasteiger partial charge in [-0.2, -0.15) is 4.98 Å². The van der Waals surface area contributed by atoms with Crippen molar-refractivity contribution in [3.05, 3.63) is 42.4 Å². The summed E-state index contributed by atoms with van der Waals surface area (Å²) in [5.41, 5.74) is 1.94. The molecule has 3 aromatic rings. The molecule has 1 atom stereocenters. The molecule has 1 aliphatic heterocycles. The van der Waals surface area contributed by atoms with Gasteiger partial charge in [-0.25, -0.2) is 0 Å². The topological polar surface area (TPSA) is 55.1 Å². The SMILES string of the molecule is CN1CCCC1c1nc(-c2ccc3ncccc3c2)no1. The molecule has 0 aliphatic carbocycles. The Morgan fingerprint density at radius 1 is 1.29 bits per heavy atom. The van der Waals surface area contributed by atoms with Gasteiger partial charge in [0.15, 0.2) is 0 Å². The summed E-state index contributed by atoms with van der Waals surface area (Å²) in [5, 5.41) is 5.22. The van der Waals surface area contributed by atoms with Gasteiger partial charge in [0.05, 0.1) is 11.6 Å². The van der Waals surface area contributed by atoms with Crippen LogP contribution >= 0.6 is 0 Å². The molecule has 5 heteroatoms. The van der Waals surface area contributed by atoms with Crippen molar-refractivity contribution in [1.82, 2.24) is 20.0 Å². The summed E-state index contributed by atoms with van der Waals surface area (Å²) < 4.78 is 5.47. The Hall–Kier alpha value is -2.27. The van der Waals surface area contributed by atoms with Gasteiger partial charge in [-0.05, 0) is 50.7 Å². The van der Waals surface area contributed by atoms with Gasteiger partial charge in [-0.15, -0.1) is 0 Å². The smallest absolute Gasteiger partial charge is 0.244 e. The Balaban J connectivity index is 1.70. The molecule has 5 nitrogen and oxygen atoms in total. The molecule has 0 bridgehead atoms. The van der Waals surface area contributed by atoms with Gasteiger partial charge in [-0.3, -0.25) is 9.88 Å². The molecule has 106 valence electrons. The second-order valence-corrected chi connectivity index (χ2v) is 5.51. The molecule has 2 aromatic heterocycles. The third kappa shape index (κ3) is 2.19. The van der Waals surface area contributed by atoms with Crippen molar-refractivity contribution in [2.75, 3.05) is 13.6 Å². The van der Waals surface area contributed by atoms with E-state index >= 15 is 0 Å². The molecule has 21 heavy (non-hydrogen) atoms. The number of hydrogen-bond donors (Lipinski definition) is 0. The number of fused-ring (bicyclic) bond motifs is 1. The van der Waals surface area contributed by atoms with Crippen molar-refractivity contribution in [2.24, 2.45) is 0 Å². The van der Waals surface area contributed by atoms with Crippen molar-refractivity contribution in [3.63, 3.8) is 0 Å². The lowest BCUT2D eigenvalue weighted by Gasteiger charge is -2.14. The van der Waals surface area contributed by atoms with Gasteiger partial charge in [0.1, 0.15) is 0 Å². The van der Waals surface area contributed by atoms with Crippen LogP contribution in [0.15, 0.2) is 41.1 Å². The molecule has 4 rings (SSSR count). The third-order valence-corrected chi connectivity index (χ3v) is 4.11. The van der Waals surface area contributed by atoms with E-state index in [1.807, 2.05) is 24.3 Å². The lowest BCUT2D eigenvalue weighted by atomic mass is 10.1. The number of hydrogen-bond acceptors (Lipinski definition) is 5. The molecule has 1 saturated heterocycles. The maximum atomic E-state index is 5.47. The van der Waals surface area contributed by atoms with Crippen molar-refractivity contribution in [3.8, 4) is 11.4 Å². The summed E-state index contributed by atoms with van der Waals surface area (Å²) in [5.74, 6) is 1.37. The zero-order chi connectivity index (χ0) is 14.2. The molecule has 0 saturated carbocycles. The van der Waals surface area contributed by atoms with Crippen LogP contribution in [0.1, 0.15) is 24.8 Å². The molecular formula is C16H16N4O. The minimum atomic E-state index is 0.258. The van der Waals surface area contributed by atoms with Gasteiger partial charge in [0.2, 0.25) is 11.7 Å². The van der Waals surface area contributed by atoms with Crippen LogP contribution in [0.25, 0.3) is 22.3 Å². The molecule has 0 spiro atoms. The number of aromatic nitrogens is 3. The van der Waals surface area contributed by atoms with E-state index in [2.05, 4.69) is 33.1 Å². The fraction of sp³-hybridized carbons (Fsp3) is 0.312. The molecule has 0 N–H and O–H groups in total. The Labute approximate surface area is 122 Å². The van der Waals surface area contributed by atoms with Gasteiger partial charge in [-0.1, -0.05) is 11.2 Å². The number of likely N-dealkylation sites (tertiary alicyclic amines) is 1. The second-order valence-electron chi connectivity index (χ2n) is 5.51. The summed E-state index contributed by atoms with van der Waals surface area (Å²) in [4.78, 5) is 11.2. The number of rotatable bonds is 2. The van der Waals surface area contributed by atoms with E-state index in [1.54, 1.807) is 6.20 Å². The molecule has 1 aliphatic rings. The van der Waals surface area contributed by atoms with Crippen LogP contribution < -0.4 is 0 Å². The van der Waals surface area contributed by atoms with E-state index in [9.17, 15) is 0 Å². The average Bonchev–Trinajstić information content (AvgIpc) is 3.15. The zero-order valence-corrected chi connectivity index (χ0v) is 11.9. The van der Waals surface area contributed by atoms with Crippen LogP contribution in [0.4, 0.5) is 0 Å². The third-order valence-electron chi connectivity index (χ3n) is 4.11. The Bertz CT molecular complexity index is 783. The minimum Gasteiger partial charge on any atom is -0.337 e. The summed E-state index contributed by atoms with van der Waals surface area (Å²) >= 11 is 0. The van der Waals surface area contributed by atoms with E-state index in [4.69, 9.17) is 4.52 Å². The first-order chi connectivity index (χ1) is 10.3. The first-order valence-corrected chi connectivity index (χ1v) is 7.20. The summed E-state index contributed by atoms with van der Waals surface area (Å²) in [7, 11) is 2.10. The largest absolute Gasteiger partial charge is 0.337 e. The molecule has 1 fully saturated rings. The molecule has 3 heterocycles. The number of nitrogens with zero attached hydrogens (tertiary/aromatic N) is 4.